The van der Waals surface area contributed by atoms with Crippen molar-refractivity contribution >= 4 is 123 Å². The monoisotopic (exact) mass is 1230 g/mol. The first-order valence-electron chi connectivity index (χ1n) is 36.0. The Labute approximate surface area is 564 Å². The molecule has 96 heavy (non-hydrogen) atoms. The number of nitrogens with zero attached hydrogens (tertiary/aromatic N) is 5. The van der Waals surface area contributed by atoms with Crippen LogP contribution in [0.2, 0.25) is 0 Å². The Balaban J connectivity index is 0.992. The van der Waals surface area contributed by atoms with Crippen LogP contribution in [0.5, 0.6) is 0 Å². The van der Waals surface area contributed by atoms with Gasteiger partial charge in [-0.25, -0.2) is 0 Å². The fraction of sp³-hybridized carbons (Fsp3) is 0. The summed E-state index contributed by atoms with van der Waals surface area (Å²) >= 11 is 0. The van der Waals surface area contributed by atoms with Gasteiger partial charge in [0.25, 0.3) is 6.71 Å². The van der Waals surface area contributed by atoms with Crippen LogP contribution in [0.4, 0.5) is 34.1 Å². The van der Waals surface area contributed by atoms with E-state index in [-0.39, 0.29) is 21.8 Å². The summed E-state index contributed by atoms with van der Waals surface area (Å²) in [6, 6.07) is 83.7. The second kappa shape index (κ2) is 21.4. The molecule has 0 N–H and O–H groups in total. The minimum absolute atomic E-state index is 0.0150. The molecule has 446 valence electrons. The van der Waals surface area contributed by atoms with Gasteiger partial charge in [0, 0.05) is 102 Å². The molecule has 13 aromatic carbocycles. The van der Waals surface area contributed by atoms with E-state index in [1.807, 2.05) is 146 Å². The number of aromatic nitrogens is 3. The Morgan fingerprint density at radius 2 is 0.656 bits per heavy atom. The Hall–Kier alpha value is -12.8. The molecular weight excluding hydrogens is 1170 g/mol. The van der Waals surface area contributed by atoms with E-state index in [4.69, 9.17) is 18.8 Å². The quantitative estimate of drug-likeness (QED) is 0.134. The molecule has 0 radical (unpaired) electrons. The highest BCUT2D eigenvalue weighted by molar-refractivity contribution is 7.00. The van der Waals surface area contributed by atoms with Crippen molar-refractivity contribution in [2.75, 3.05) is 9.80 Å². The van der Waals surface area contributed by atoms with E-state index in [9.17, 15) is 11.0 Å². The second-order valence-corrected chi connectivity index (χ2v) is 24.6. The van der Waals surface area contributed by atoms with Crippen molar-refractivity contribution in [3.63, 3.8) is 0 Å². The molecule has 0 saturated heterocycles. The van der Waals surface area contributed by atoms with E-state index < -0.39 is 55.1 Å². The number of benzene rings is 13. The van der Waals surface area contributed by atoms with Gasteiger partial charge in [-0.1, -0.05) is 230 Å². The third-order valence-electron chi connectivity index (χ3n) is 19.4. The van der Waals surface area contributed by atoms with Crippen LogP contribution in [-0.4, -0.2) is 21.2 Å². The molecule has 0 atom stereocenters. The zero-order valence-corrected chi connectivity index (χ0v) is 51.2. The van der Waals surface area contributed by atoms with Gasteiger partial charge in [-0.15, -0.1) is 0 Å². The van der Waals surface area contributed by atoms with Crippen molar-refractivity contribution in [1.29, 1.82) is 0 Å². The highest BCUT2D eigenvalue weighted by atomic mass is 16.3. The fourth-order valence-corrected chi connectivity index (χ4v) is 15.1. The van der Waals surface area contributed by atoms with Crippen LogP contribution in [0.25, 0.3) is 138 Å². The first-order valence-corrected chi connectivity index (χ1v) is 32.0. The van der Waals surface area contributed by atoms with Crippen molar-refractivity contribution in [1.82, 2.24) is 14.5 Å². The summed E-state index contributed by atoms with van der Waals surface area (Å²) in [5.74, 6) is 0. The van der Waals surface area contributed by atoms with Gasteiger partial charge < -0.3 is 23.2 Å². The number of para-hydroxylation sites is 4. The summed E-state index contributed by atoms with van der Waals surface area (Å²) in [6.45, 7) is -0.549. The number of hydrogen-bond donors (Lipinski definition) is 0. The van der Waals surface area contributed by atoms with Gasteiger partial charge in [-0.3, -0.25) is 9.97 Å². The predicted molar refractivity (Wildman–Crippen MR) is 398 cm³/mol. The lowest BCUT2D eigenvalue weighted by Gasteiger charge is -2.46. The average molecular weight is 1230 g/mol. The zero-order chi connectivity index (χ0) is 69.9. The van der Waals surface area contributed by atoms with Crippen LogP contribution in [0.3, 0.4) is 0 Å². The molecule has 0 unspecified atom stereocenters. The van der Waals surface area contributed by atoms with Gasteiger partial charge in [0.05, 0.1) is 39.1 Å². The van der Waals surface area contributed by atoms with Crippen molar-refractivity contribution < 1.29 is 19.8 Å². The minimum atomic E-state index is -0.549. The van der Waals surface area contributed by atoms with E-state index in [1.165, 1.54) is 0 Å². The van der Waals surface area contributed by atoms with Gasteiger partial charge in [0.1, 0.15) is 22.3 Å². The number of pyridine rings is 2. The maximum atomic E-state index is 10.1. The van der Waals surface area contributed by atoms with Crippen LogP contribution in [-0.2, 0) is 0 Å². The molecular formula is C88H54BN5O2. The van der Waals surface area contributed by atoms with Crippen LogP contribution < -0.4 is 26.2 Å². The van der Waals surface area contributed by atoms with Crippen molar-refractivity contribution in [2.45, 2.75) is 0 Å². The largest absolute Gasteiger partial charge is 0.456 e. The summed E-state index contributed by atoms with van der Waals surface area (Å²) in [5.41, 5.74) is 21.3. The number of anilines is 6. The molecule has 7 nitrogen and oxygen atoms in total. The summed E-state index contributed by atoms with van der Waals surface area (Å²) in [7, 11) is 0. The van der Waals surface area contributed by atoms with Crippen LogP contribution in [0, 0.1) is 0 Å². The molecule has 0 bridgehead atoms. The van der Waals surface area contributed by atoms with Crippen LogP contribution in [0.15, 0.2) is 337 Å². The standard InChI is InChI=1S/C88H54BN5O2/c1-5-21-55(22-6-1)70-51-90-52-71(56-23-7-2-8-24-56)87(70)93-78-47-61(59-39-43-84-68(45-59)66-31-15-19-35-82(66)95-84)37-41-74(78)89-75-42-38-62(60-40-44-85-69(46-60)67-32-16-20-36-83(67)96-85)48-79(75)94(88-72(57-25-9-3-10-26-57)53-91-54-73(88)58-27-11-4-12-28-58)81-50-63(49-80(93)86(81)89)92-76-33-17-13-29-64(76)65-30-14-18-34-77(65)92/h1-54H/i13D,14D,17D,18D,29D,30D,33D,34D. The number of rotatable bonds is 9. The van der Waals surface area contributed by atoms with Gasteiger partial charge in [0.2, 0.25) is 0 Å². The second-order valence-electron chi connectivity index (χ2n) is 24.6. The normalized spacial score (nSPS) is 13.7. The minimum Gasteiger partial charge on any atom is -0.456 e. The van der Waals surface area contributed by atoms with Gasteiger partial charge >= 0.3 is 0 Å². The summed E-state index contributed by atoms with van der Waals surface area (Å²) in [4.78, 5) is 14.9. The number of fused-ring (bicyclic) bond motifs is 13. The third-order valence-corrected chi connectivity index (χ3v) is 19.4. The Morgan fingerprint density at radius 1 is 0.302 bits per heavy atom. The molecule has 2 aliphatic heterocycles. The van der Waals surface area contributed by atoms with Gasteiger partial charge in [-0.2, -0.15) is 0 Å². The smallest absolute Gasteiger partial charge is 0.252 e. The van der Waals surface area contributed by atoms with Crippen molar-refractivity contribution in [3.05, 3.63) is 328 Å². The highest BCUT2D eigenvalue weighted by Crippen LogP contribution is 2.54. The molecule has 20 rings (SSSR count). The Morgan fingerprint density at radius 3 is 1.07 bits per heavy atom. The molecule has 0 aliphatic carbocycles. The molecule has 0 saturated carbocycles. The van der Waals surface area contributed by atoms with Crippen LogP contribution in [0.1, 0.15) is 11.0 Å². The molecule has 0 spiro atoms. The topological polar surface area (TPSA) is 63.5 Å². The number of hydrogen-bond acceptors (Lipinski definition) is 6. The van der Waals surface area contributed by atoms with E-state index in [2.05, 4.69) is 143 Å². The Bertz CT molecular complexity index is 6180. The molecule has 0 fully saturated rings. The van der Waals surface area contributed by atoms with E-state index in [0.717, 1.165) is 150 Å². The van der Waals surface area contributed by atoms with E-state index in [0.29, 0.717) is 17.1 Å². The summed E-state index contributed by atoms with van der Waals surface area (Å²) < 4.78 is 91.5. The SMILES string of the molecule is [2H]c1c([2H])c([2H])c2c(c1[2H])c1c([2H])c([2H])c([2H])c([2H])c1n2-c1cc2c3c(c1)N(c1c(-c4ccccc4)cncc1-c1ccccc1)c1cc(-c4ccc5oc6ccccc6c5c4)ccc1B3c1ccc(-c3ccc4oc5ccccc5c4c3)cc1N2c1c(-c2ccccc2)cncc1-c1ccccc1. The van der Waals surface area contributed by atoms with Crippen molar-refractivity contribution in [3.8, 4) is 72.4 Å². The number of furan rings is 2. The highest BCUT2D eigenvalue weighted by Gasteiger charge is 2.46. The van der Waals surface area contributed by atoms with E-state index in [1.54, 1.807) is 4.57 Å². The van der Waals surface area contributed by atoms with Crippen molar-refractivity contribution in [2.24, 2.45) is 0 Å². The van der Waals surface area contributed by atoms with Crippen LogP contribution >= 0.6 is 0 Å². The zero-order valence-electron chi connectivity index (χ0n) is 59.2. The lowest BCUT2D eigenvalue weighted by molar-refractivity contribution is 0.668. The summed E-state index contributed by atoms with van der Waals surface area (Å²) in [5, 5.41) is 3.86. The maximum absolute atomic E-state index is 10.1. The molecule has 2 aliphatic rings. The summed E-state index contributed by atoms with van der Waals surface area (Å²) in [6.07, 6.45) is 7.68. The molecule has 0 amide bonds. The fourth-order valence-electron chi connectivity index (χ4n) is 15.1. The maximum Gasteiger partial charge on any atom is 0.252 e. The van der Waals surface area contributed by atoms with Gasteiger partial charge in [0.15, 0.2) is 0 Å². The predicted octanol–water partition coefficient (Wildman–Crippen LogP) is 21.5. The third kappa shape index (κ3) is 8.28. The first kappa shape index (κ1) is 46.3. The first-order chi connectivity index (χ1) is 50.9. The average Bonchev–Trinajstić information content (AvgIpc) is 0.868. The molecule has 18 aromatic rings. The molecule has 8 heteroatoms. The molecule has 7 heterocycles. The lowest BCUT2D eigenvalue weighted by Crippen LogP contribution is -2.61. The van der Waals surface area contributed by atoms with Gasteiger partial charge in [-0.05, 0) is 134 Å². The lowest BCUT2D eigenvalue weighted by atomic mass is 9.33. The molecule has 5 aromatic heterocycles. The van der Waals surface area contributed by atoms with E-state index >= 15 is 0 Å². The Kier molecular flexibility index (Phi) is 10.3.